The van der Waals surface area contributed by atoms with E-state index < -0.39 is 0 Å². The van der Waals surface area contributed by atoms with Crippen molar-refractivity contribution in [1.29, 1.82) is 0 Å². The molecule has 0 aliphatic carbocycles. The predicted molar refractivity (Wildman–Crippen MR) is 7.55 cm³/mol. The third-order valence-corrected chi connectivity index (χ3v) is 0. The Balaban J connectivity index is 0. The monoisotopic (exact) mass is 734 g/mol. The summed E-state index contributed by atoms with van der Waals surface area (Å²) in [4.78, 5) is 0. The van der Waals surface area contributed by atoms with Crippen LogP contribution in [0.2, 0.25) is 0 Å². The fourth-order valence-electron chi connectivity index (χ4n) is 0. The Labute approximate surface area is 146 Å². The molecule has 0 rings (SSSR count). The summed E-state index contributed by atoms with van der Waals surface area (Å²) in [5, 5.41) is 0. The van der Waals surface area contributed by atoms with Gasteiger partial charge in [0.15, 0.2) is 0 Å². The minimum atomic E-state index is 0. The van der Waals surface area contributed by atoms with Crippen LogP contribution in [0.15, 0.2) is 0 Å². The fourth-order valence-corrected chi connectivity index (χ4v) is 0. The van der Waals surface area contributed by atoms with Crippen molar-refractivity contribution in [3.05, 3.63) is 0 Å². The molecule has 0 aromatic heterocycles. The summed E-state index contributed by atoms with van der Waals surface area (Å²) in [6.07, 6.45) is 0. The summed E-state index contributed by atoms with van der Waals surface area (Å²) in [6.45, 7) is 0. The van der Waals surface area contributed by atoms with Crippen molar-refractivity contribution in [1.82, 2.24) is 0 Å². The first-order valence-electron chi connectivity index (χ1n) is 0. The molecule has 15 heavy (non-hydrogen) atoms. The number of hydrogen-bond donors (Lipinski definition) is 0. The van der Waals surface area contributed by atoms with Crippen LogP contribution in [0.25, 0.3) is 0 Å². The van der Waals surface area contributed by atoms with Crippen molar-refractivity contribution >= 4 is 0 Å². The SMILES string of the molecule is [Mo+6].[Mo+6].[O-2].[O-2].[O-2].[O-2].[O-2].[O-2].[O-2].[O-2].[O-2].[O-2].[O-2].[Ta+5].[Ta+5]. The van der Waals surface area contributed by atoms with Crippen molar-refractivity contribution in [3.63, 3.8) is 0 Å². The average molecular weight is 730 g/mol. The van der Waals surface area contributed by atoms with Crippen molar-refractivity contribution < 1.29 is 147 Å². The standard InChI is InChI=1S/2Mo.11O.2Ta/q2*+6;11*-2;2*+5. The first-order chi connectivity index (χ1) is 0. The van der Waals surface area contributed by atoms with E-state index in [1.54, 1.807) is 0 Å². The molecule has 0 heterocycles. The molecule has 0 amide bonds. The van der Waals surface area contributed by atoms with E-state index in [0.717, 1.165) is 0 Å². The zero-order valence-electron chi connectivity index (χ0n) is 6.20. The molecule has 0 aromatic carbocycles. The van der Waals surface area contributed by atoms with Crippen molar-refractivity contribution in [3.8, 4) is 0 Å². The van der Waals surface area contributed by atoms with Crippen LogP contribution in [-0.2, 0) is 147 Å². The molecule has 0 fully saturated rings. The van der Waals surface area contributed by atoms with Crippen molar-refractivity contribution in [2.24, 2.45) is 0 Å². The van der Waals surface area contributed by atoms with Gasteiger partial charge in [-0.05, 0) is 0 Å². The average Bonchev–Trinajstić information content (AvgIpc) is 0. The normalized spacial score (nSPS) is 0. The first-order valence-corrected chi connectivity index (χ1v) is 0. The van der Waals surface area contributed by atoms with Gasteiger partial charge in [-0.1, -0.05) is 0 Å². The zero-order valence-corrected chi connectivity index (χ0v) is 16.6. The van der Waals surface area contributed by atoms with E-state index >= 15 is 0 Å². The van der Waals surface area contributed by atoms with Crippen LogP contribution in [-0.4, -0.2) is 0 Å². The maximum atomic E-state index is 0. The molecular weight excluding hydrogens is 730 g/mol. The molecule has 11 nitrogen and oxygen atoms in total. The second-order valence-corrected chi connectivity index (χ2v) is 0. The maximum Gasteiger partial charge on any atom is 6.00 e. The van der Waals surface area contributed by atoms with Crippen LogP contribution in [0.5, 0.6) is 0 Å². The molecular formula is Mo2O11Ta2. The van der Waals surface area contributed by atoms with Gasteiger partial charge in [-0.25, -0.2) is 0 Å². The molecule has 0 N–H and O–H groups in total. The molecule has 15 heteroatoms. The van der Waals surface area contributed by atoms with Gasteiger partial charge >= 0.3 is 86.9 Å². The van der Waals surface area contributed by atoms with Crippen LogP contribution in [0.1, 0.15) is 0 Å². The Kier molecular flexibility index (Phi) is 35800. The first kappa shape index (κ1) is 803. The van der Waals surface area contributed by atoms with Gasteiger partial charge in [-0.15, -0.1) is 0 Å². The van der Waals surface area contributed by atoms with E-state index in [2.05, 4.69) is 0 Å². The maximum absolute atomic E-state index is 0. The Morgan fingerprint density at radius 3 is 0.200 bits per heavy atom. The molecule has 0 aliphatic rings. The molecule has 0 aliphatic heterocycles. The second kappa shape index (κ2) is 668. The van der Waals surface area contributed by atoms with Gasteiger partial charge in [-0.2, -0.15) is 0 Å². The van der Waals surface area contributed by atoms with E-state index in [1.807, 2.05) is 0 Å². The van der Waals surface area contributed by atoms with E-state index in [9.17, 15) is 0 Å². The molecule has 0 atom stereocenters. The van der Waals surface area contributed by atoms with Gasteiger partial charge in [0.2, 0.25) is 0 Å². The topological polar surface area (TPSA) is 314 Å². The zero-order chi connectivity index (χ0) is 0. The molecule has 0 saturated carbocycles. The molecule has 0 radical (unpaired) electrons. The van der Waals surface area contributed by atoms with Gasteiger partial charge in [0.1, 0.15) is 0 Å². The molecule has 0 unspecified atom stereocenters. The van der Waals surface area contributed by atoms with Crippen LogP contribution >= 0.6 is 0 Å². The third kappa shape index (κ3) is 584. The number of rotatable bonds is 0. The Morgan fingerprint density at radius 1 is 0.200 bits per heavy atom. The molecule has 0 saturated heterocycles. The van der Waals surface area contributed by atoms with Crippen LogP contribution in [0.3, 0.4) is 0 Å². The van der Waals surface area contributed by atoms with Gasteiger partial charge in [-0.3, -0.25) is 0 Å². The molecule has 0 spiro atoms. The summed E-state index contributed by atoms with van der Waals surface area (Å²) < 4.78 is 0. The summed E-state index contributed by atoms with van der Waals surface area (Å²) in [6, 6.07) is 0. The van der Waals surface area contributed by atoms with Gasteiger partial charge in [0, 0.05) is 0 Å². The quantitative estimate of drug-likeness (QED) is 0.262. The second-order valence-electron chi connectivity index (χ2n) is 0. The molecule has 0 bridgehead atoms. The third-order valence-electron chi connectivity index (χ3n) is 0. The van der Waals surface area contributed by atoms with Crippen molar-refractivity contribution in [2.75, 3.05) is 0 Å². The predicted octanol–water partition coefficient (Wildman–Crippen LogP) is -1.32. The largest absolute Gasteiger partial charge is 6.00 e. The van der Waals surface area contributed by atoms with Gasteiger partial charge < -0.3 is 60.2 Å². The smallest absolute Gasteiger partial charge is 2.00 e. The van der Waals surface area contributed by atoms with Crippen LogP contribution in [0.4, 0.5) is 0 Å². The van der Waals surface area contributed by atoms with Gasteiger partial charge in [0.25, 0.3) is 0 Å². The van der Waals surface area contributed by atoms with E-state index in [4.69, 9.17) is 0 Å². The summed E-state index contributed by atoms with van der Waals surface area (Å²) in [5.74, 6) is 0. The number of hydrogen-bond acceptors (Lipinski definition) is 0. The fraction of sp³-hybridized carbons (Fsp3) is 0. The molecule has 88 valence electrons. The van der Waals surface area contributed by atoms with Gasteiger partial charge in [0.05, 0.1) is 0 Å². The van der Waals surface area contributed by atoms with Crippen LogP contribution in [0, 0.1) is 0 Å². The van der Waals surface area contributed by atoms with E-state index in [-0.39, 0.29) is 147 Å². The van der Waals surface area contributed by atoms with Crippen LogP contribution < -0.4 is 0 Å². The van der Waals surface area contributed by atoms with E-state index in [0.29, 0.717) is 0 Å². The Hall–Kier alpha value is 2.42. The Bertz CT molecular complexity index is 16.5. The summed E-state index contributed by atoms with van der Waals surface area (Å²) in [7, 11) is 0. The minimum Gasteiger partial charge on any atom is -2.00 e. The van der Waals surface area contributed by atoms with E-state index in [1.165, 1.54) is 0 Å². The van der Waals surface area contributed by atoms with Crippen molar-refractivity contribution in [2.45, 2.75) is 0 Å². The molecule has 0 aromatic rings. The summed E-state index contributed by atoms with van der Waals surface area (Å²) >= 11 is 0. The minimum absolute atomic E-state index is 0. The summed E-state index contributed by atoms with van der Waals surface area (Å²) in [5.41, 5.74) is 0. The Morgan fingerprint density at radius 2 is 0.200 bits per heavy atom.